The van der Waals surface area contributed by atoms with Crippen LogP contribution in [0.4, 0.5) is 4.39 Å². The Kier molecular flexibility index (Phi) is 3.56. The fourth-order valence-electron chi connectivity index (χ4n) is 2.68. The summed E-state index contributed by atoms with van der Waals surface area (Å²) in [5.74, 6) is -0.152. The molecule has 1 amide bonds. The Bertz CT molecular complexity index is 700. The van der Waals surface area contributed by atoms with E-state index >= 15 is 0 Å². The van der Waals surface area contributed by atoms with Gasteiger partial charge >= 0.3 is 0 Å². The van der Waals surface area contributed by atoms with Crippen LogP contribution in [0.2, 0.25) is 0 Å². The molecule has 1 aromatic carbocycles. The summed E-state index contributed by atoms with van der Waals surface area (Å²) >= 11 is 5.24. The number of amides is 1. The highest BCUT2D eigenvalue weighted by atomic mass is 32.1. The molecular formula is C14H16FN3OS. The average molecular weight is 293 g/mol. The van der Waals surface area contributed by atoms with Crippen LogP contribution >= 0.6 is 12.2 Å². The number of likely N-dealkylation sites (tertiary alicyclic amines) is 1. The molecule has 6 heteroatoms. The molecule has 106 valence electrons. The van der Waals surface area contributed by atoms with Gasteiger partial charge in [-0.2, -0.15) is 0 Å². The van der Waals surface area contributed by atoms with Crippen LogP contribution in [-0.4, -0.2) is 33.4 Å². The van der Waals surface area contributed by atoms with E-state index in [1.165, 1.54) is 12.1 Å². The van der Waals surface area contributed by atoms with Gasteiger partial charge in [-0.25, -0.2) is 4.39 Å². The van der Waals surface area contributed by atoms with Crippen LogP contribution in [0.15, 0.2) is 18.2 Å². The number of benzene rings is 1. The fraction of sp³-hybridized carbons (Fsp3) is 0.429. The molecule has 0 saturated carbocycles. The van der Waals surface area contributed by atoms with E-state index in [4.69, 9.17) is 12.2 Å². The third kappa shape index (κ3) is 2.47. The molecule has 0 radical (unpaired) electrons. The summed E-state index contributed by atoms with van der Waals surface area (Å²) in [7, 11) is 0. The number of nitrogens with zero attached hydrogens (tertiary/aromatic N) is 2. The first kappa shape index (κ1) is 13.3. The molecule has 20 heavy (non-hydrogen) atoms. The molecule has 0 bridgehead atoms. The SMILES string of the molecule is O=C(CCn1c(=S)[nH]c2ccc(F)cc21)N1CCCC1. The lowest BCUT2D eigenvalue weighted by atomic mass is 10.3. The zero-order valence-electron chi connectivity index (χ0n) is 11.1. The number of imidazole rings is 1. The molecule has 1 fully saturated rings. The van der Waals surface area contributed by atoms with Crippen molar-refractivity contribution in [2.45, 2.75) is 25.8 Å². The van der Waals surface area contributed by atoms with Gasteiger partial charge in [0.1, 0.15) is 5.82 Å². The van der Waals surface area contributed by atoms with Crippen molar-refractivity contribution in [3.63, 3.8) is 0 Å². The monoisotopic (exact) mass is 293 g/mol. The van der Waals surface area contributed by atoms with E-state index in [9.17, 15) is 9.18 Å². The van der Waals surface area contributed by atoms with Crippen LogP contribution in [0.5, 0.6) is 0 Å². The molecule has 1 aromatic heterocycles. The first-order valence-electron chi connectivity index (χ1n) is 6.81. The number of halogens is 1. The summed E-state index contributed by atoms with van der Waals surface area (Å²) in [6.45, 7) is 2.19. The number of rotatable bonds is 3. The highest BCUT2D eigenvalue weighted by molar-refractivity contribution is 7.71. The van der Waals surface area contributed by atoms with Crippen molar-refractivity contribution >= 4 is 29.2 Å². The van der Waals surface area contributed by atoms with E-state index in [1.807, 2.05) is 4.90 Å². The zero-order valence-corrected chi connectivity index (χ0v) is 11.9. The summed E-state index contributed by atoms with van der Waals surface area (Å²) in [6, 6.07) is 4.51. The summed E-state index contributed by atoms with van der Waals surface area (Å²) in [5.41, 5.74) is 1.51. The minimum atomic E-state index is -0.300. The molecule has 0 atom stereocenters. The predicted octanol–water partition coefficient (Wildman–Crippen LogP) is 2.85. The van der Waals surface area contributed by atoms with Gasteiger partial charge in [0, 0.05) is 26.1 Å². The minimum Gasteiger partial charge on any atom is -0.343 e. The number of nitrogens with one attached hydrogen (secondary N) is 1. The van der Waals surface area contributed by atoms with Crippen molar-refractivity contribution < 1.29 is 9.18 Å². The van der Waals surface area contributed by atoms with Crippen molar-refractivity contribution in [2.24, 2.45) is 0 Å². The van der Waals surface area contributed by atoms with Gasteiger partial charge in [-0.1, -0.05) is 0 Å². The normalized spacial score (nSPS) is 15.2. The quantitative estimate of drug-likeness (QED) is 0.884. The standard InChI is InChI=1S/C14H16FN3OS/c15-10-3-4-11-12(9-10)18(14(20)16-11)8-5-13(19)17-6-1-2-7-17/h3-4,9H,1-2,5-8H2,(H,16,20). The maximum absolute atomic E-state index is 13.3. The Hall–Kier alpha value is -1.69. The lowest BCUT2D eigenvalue weighted by Crippen LogP contribution is -2.28. The second kappa shape index (κ2) is 5.36. The molecule has 0 unspecified atom stereocenters. The molecule has 1 aliphatic rings. The number of aromatic amines is 1. The number of fused-ring (bicyclic) bond motifs is 1. The van der Waals surface area contributed by atoms with Crippen molar-refractivity contribution in [3.8, 4) is 0 Å². The van der Waals surface area contributed by atoms with Gasteiger partial charge in [0.25, 0.3) is 0 Å². The number of carbonyl (C=O) groups excluding carboxylic acids is 1. The Balaban J connectivity index is 1.80. The van der Waals surface area contributed by atoms with E-state index in [0.717, 1.165) is 31.4 Å². The van der Waals surface area contributed by atoms with E-state index in [1.54, 1.807) is 10.6 Å². The van der Waals surface area contributed by atoms with Gasteiger partial charge in [-0.15, -0.1) is 0 Å². The van der Waals surface area contributed by atoms with Gasteiger partial charge in [-0.05, 0) is 43.3 Å². The summed E-state index contributed by atoms with van der Waals surface area (Å²) in [4.78, 5) is 17.0. The number of carbonyl (C=O) groups is 1. The topological polar surface area (TPSA) is 41.0 Å². The van der Waals surface area contributed by atoms with Crippen molar-refractivity contribution in [2.75, 3.05) is 13.1 Å². The average Bonchev–Trinajstić information content (AvgIpc) is 3.04. The smallest absolute Gasteiger partial charge is 0.224 e. The molecule has 2 aromatic rings. The maximum atomic E-state index is 13.3. The van der Waals surface area contributed by atoms with Crippen LogP contribution in [0.1, 0.15) is 19.3 Å². The lowest BCUT2D eigenvalue weighted by molar-refractivity contribution is -0.130. The number of aromatic nitrogens is 2. The van der Waals surface area contributed by atoms with Crippen LogP contribution in [0.25, 0.3) is 11.0 Å². The van der Waals surface area contributed by atoms with Crippen LogP contribution in [0, 0.1) is 10.6 Å². The van der Waals surface area contributed by atoms with Crippen molar-refractivity contribution in [3.05, 3.63) is 28.8 Å². The maximum Gasteiger partial charge on any atom is 0.224 e. The van der Waals surface area contributed by atoms with Crippen LogP contribution < -0.4 is 0 Å². The van der Waals surface area contributed by atoms with Gasteiger partial charge in [0.05, 0.1) is 11.0 Å². The third-order valence-corrected chi connectivity index (χ3v) is 4.07. The summed E-state index contributed by atoms with van der Waals surface area (Å²) in [6.07, 6.45) is 2.57. The second-order valence-electron chi connectivity index (χ2n) is 5.08. The molecule has 0 aliphatic carbocycles. The van der Waals surface area contributed by atoms with Gasteiger partial charge in [-0.3, -0.25) is 4.79 Å². The lowest BCUT2D eigenvalue weighted by Gasteiger charge is -2.15. The molecule has 2 heterocycles. The van der Waals surface area contributed by atoms with Crippen LogP contribution in [0.3, 0.4) is 0 Å². The molecular weight excluding hydrogens is 277 g/mol. The number of hydrogen-bond donors (Lipinski definition) is 1. The van der Waals surface area contributed by atoms with Crippen molar-refractivity contribution in [1.82, 2.24) is 14.5 Å². The Morgan fingerprint density at radius 2 is 2.10 bits per heavy atom. The largest absolute Gasteiger partial charge is 0.343 e. The fourth-order valence-corrected chi connectivity index (χ4v) is 2.98. The van der Waals surface area contributed by atoms with E-state index < -0.39 is 0 Å². The summed E-state index contributed by atoms with van der Waals surface area (Å²) < 4.78 is 15.7. The molecule has 4 nitrogen and oxygen atoms in total. The number of aryl methyl sites for hydroxylation is 1. The minimum absolute atomic E-state index is 0.148. The molecule has 1 saturated heterocycles. The molecule has 0 spiro atoms. The first-order valence-corrected chi connectivity index (χ1v) is 7.22. The van der Waals surface area contributed by atoms with E-state index in [0.29, 0.717) is 23.3 Å². The first-order chi connectivity index (χ1) is 9.65. The van der Waals surface area contributed by atoms with Gasteiger partial charge in [0.15, 0.2) is 4.77 Å². The number of hydrogen-bond acceptors (Lipinski definition) is 2. The highest BCUT2D eigenvalue weighted by Gasteiger charge is 2.18. The van der Waals surface area contributed by atoms with Crippen molar-refractivity contribution in [1.29, 1.82) is 0 Å². The summed E-state index contributed by atoms with van der Waals surface area (Å²) in [5, 5.41) is 0. The van der Waals surface area contributed by atoms with Gasteiger partial charge in [0.2, 0.25) is 5.91 Å². The Morgan fingerprint density at radius 3 is 2.85 bits per heavy atom. The van der Waals surface area contributed by atoms with Crippen LogP contribution in [-0.2, 0) is 11.3 Å². The van der Waals surface area contributed by atoms with E-state index in [2.05, 4.69) is 4.98 Å². The zero-order chi connectivity index (χ0) is 14.1. The van der Waals surface area contributed by atoms with E-state index in [-0.39, 0.29) is 11.7 Å². The second-order valence-corrected chi connectivity index (χ2v) is 5.47. The number of H-pyrrole nitrogens is 1. The Morgan fingerprint density at radius 1 is 1.35 bits per heavy atom. The highest BCUT2D eigenvalue weighted by Crippen LogP contribution is 2.17. The molecule has 3 rings (SSSR count). The molecule has 1 aliphatic heterocycles. The molecule has 1 N–H and O–H groups in total. The Labute approximate surface area is 121 Å². The third-order valence-electron chi connectivity index (χ3n) is 3.75. The predicted molar refractivity (Wildman–Crippen MR) is 77.5 cm³/mol. The van der Waals surface area contributed by atoms with Gasteiger partial charge < -0.3 is 14.5 Å².